The Morgan fingerprint density at radius 3 is 2.97 bits per heavy atom. The molecule has 0 aromatic carbocycles. The number of ether oxygens (including phenoxy) is 1. The van der Waals surface area contributed by atoms with Crippen LogP contribution in [0.4, 0.5) is 10.6 Å². The number of hydrogen-bond donors (Lipinski definition) is 3. The molecule has 2 saturated carbocycles. The fraction of sp³-hybridized carbons (Fsp3) is 0.462. The average Bonchev–Trinajstić information content (AvgIpc) is 3.49. The number of aromatic amines is 1. The number of pyridine rings is 1. The minimum absolute atomic E-state index is 0.00931. The Hall–Kier alpha value is -2.94. The Morgan fingerprint density at radius 2 is 2.17 bits per heavy atom. The van der Waals surface area contributed by atoms with Gasteiger partial charge in [0.05, 0.1) is 11.3 Å². The molecule has 9 heteroatoms. The van der Waals surface area contributed by atoms with Gasteiger partial charge in [-0.1, -0.05) is 6.08 Å². The lowest BCUT2D eigenvalue weighted by Gasteiger charge is -2.37. The summed E-state index contributed by atoms with van der Waals surface area (Å²) in [7, 11) is 0. The highest BCUT2D eigenvalue weighted by atomic mass is 79.9. The van der Waals surface area contributed by atoms with Gasteiger partial charge in [0, 0.05) is 41.3 Å². The molecule has 0 radical (unpaired) electrons. The smallest absolute Gasteiger partial charge is 0.389 e. The highest BCUT2D eigenvalue weighted by molar-refractivity contribution is 9.10. The van der Waals surface area contributed by atoms with Crippen LogP contribution in [0.15, 0.2) is 40.1 Å². The van der Waals surface area contributed by atoms with E-state index in [-0.39, 0.29) is 17.1 Å². The molecule has 3 aliphatic carbocycles. The summed E-state index contributed by atoms with van der Waals surface area (Å²) in [6.45, 7) is 0.634. The van der Waals surface area contributed by atoms with Crippen LogP contribution in [0.3, 0.4) is 0 Å². The molecule has 3 N–H and O–H groups in total. The lowest BCUT2D eigenvalue weighted by atomic mass is 9.69. The maximum absolute atomic E-state index is 13.3. The molecule has 1 spiro atoms. The number of ketones is 1. The number of rotatable bonds is 5. The zero-order valence-electron chi connectivity index (χ0n) is 19.4. The van der Waals surface area contributed by atoms with Gasteiger partial charge in [-0.05, 0) is 89.9 Å². The first kappa shape index (κ1) is 22.5. The molecule has 0 saturated heterocycles. The van der Waals surface area contributed by atoms with Gasteiger partial charge in [-0.15, -0.1) is 5.10 Å². The molecule has 182 valence electrons. The van der Waals surface area contributed by atoms with E-state index in [1.807, 2.05) is 12.1 Å². The second kappa shape index (κ2) is 8.93. The number of aromatic nitrogens is 3. The zero-order valence-corrected chi connectivity index (χ0v) is 21.0. The van der Waals surface area contributed by atoms with Gasteiger partial charge >= 0.3 is 6.09 Å². The molecular weight excluding hydrogens is 510 g/mol. The molecule has 1 amide bonds. The fourth-order valence-corrected chi connectivity index (χ4v) is 5.88. The molecule has 2 atom stereocenters. The average molecular weight is 538 g/mol. The number of fused-ring (bicyclic) bond motifs is 1. The van der Waals surface area contributed by atoms with Crippen molar-refractivity contribution in [2.75, 3.05) is 11.9 Å². The third kappa shape index (κ3) is 4.78. The van der Waals surface area contributed by atoms with Crippen molar-refractivity contribution in [3.63, 3.8) is 0 Å². The molecule has 1 aliphatic heterocycles. The van der Waals surface area contributed by atoms with Gasteiger partial charge in [0.1, 0.15) is 5.82 Å². The van der Waals surface area contributed by atoms with Crippen LogP contribution >= 0.6 is 15.9 Å². The minimum Gasteiger partial charge on any atom is -0.389 e. The van der Waals surface area contributed by atoms with Crippen LogP contribution in [-0.2, 0) is 11.2 Å². The van der Waals surface area contributed by atoms with E-state index in [1.54, 1.807) is 6.20 Å². The van der Waals surface area contributed by atoms with Crippen molar-refractivity contribution < 1.29 is 14.3 Å². The summed E-state index contributed by atoms with van der Waals surface area (Å²) in [5, 5.41) is 13.3. The van der Waals surface area contributed by atoms with Crippen LogP contribution in [0.25, 0.3) is 6.08 Å². The van der Waals surface area contributed by atoms with E-state index in [1.165, 1.54) is 0 Å². The summed E-state index contributed by atoms with van der Waals surface area (Å²) < 4.78 is 6.41. The van der Waals surface area contributed by atoms with Crippen molar-refractivity contribution in [1.29, 1.82) is 0 Å². The monoisotopic (exact) mass is 537 g/mol. The van der Waals surface area contributed by atoms with Gasteiger partial charge in [-0.25, -0.2) is 4.79 Å². The van der Waals surface area contributed by atoms with Crippen LogP contribution in [-0.4, -0.2) is 33.6 Å². The second-order valence-corrected chi connectivity index (χ2v) is 11.3. The SMILES string of the molecule is O=C(NCC1CC1)Oc1n[nH]c2c1CC1=C(CC3(CCC(/C=C/c4ccc(Br)cn4)C3)CC1=O)N2. The van der Waals surface area contributed by atoms with Gasteiger partial charge in [0.15, 0.2) is 5.78 Å². The van der Waals surface area contributed by atoms with E-state index in [0.717, 1.165) is 65.5 Å². The lowest BCUT2D eigenvalue weighted by molar-refractivity contribution is -0.118. The minimum atomic E-state index is -0.497. The largest absolute Gasteiger partial charge is 0.414 e. The molecule has 4 aliphatic rings. The van der Waals surface area contributed by atoms with Crippen molar-refractivity contribution in [3.05, 3.63) is 51.4 Å². The topological polar surface area (TPSA) is 109 Å². The Balaban J connectivity index is 1.12. The summed E-state index contributed by atoms with van der Waals surface area (Å²) >= 11 is 3.42. The van der Waals surface area contributed by atoms with E-state index in [9.17, 15) is 9.59 Å². The molecule has 2 fully saturated rings. The first-order valence-electron chi connectivity index (χ1n) is 12.3. The molecule has 2 unspecified atom stereocenters. The maximum Gasteiger partial charge on any atom is 0.414 e. The van der Waals surface area contributed by atoms with E-state index in [0.29, 0.717) is 37.0 Å². The highest BCUT2D eigenvalue weighted by Crippen LogP contribution is 2.53. The van der Waals surface area contributed by atoms with E-state index in [2.05, 4.69) is 53.9 Å². The number of carbonyl (C=O) groups excluding carboxylic acids is 2. The normalized spacial score (nSPS) is 25.5. The summed E-state index contributed by atoms with van der Waals surface area (Å²) in [4.78, 5) is 29.8. The molecule has 3 heterocycles. The maximum atomic E-state index is 13.3. The first-order valence-corrected chi connectivity index (χ1v) is 13.1. The van der Waals surface area contributed by atoms with E-state index < -0.39 is 6.09 Å². The van der Waals surface area contributed by atoms with Gasteiger partial charge < -0.3 is 15.4 Å². The Kier molecular flexibility index (Phi) is 5.75. The molecule has 2 aromatic heterocycles. The van der Waals surface area contributed by atoms with Crippen molar-refractivity contribution in [2.45, 2.75) is 51.4 Å². The highest BCUT2D eigenvalue weighted by Gasteiger charge is 2.46. The lowest BCUT2D eigenvalue weighted by Crippen LogP contribution is -2.34. The quantitative estimate of drug-likeness (QED) is 0.486. The summed E-state index contributed by atoms with van der Waals surface area (Å²) in [6.07, 6.45) is 12.9. The van der Waals surface area contributed by atoms with E-state index >= 15 is 0 Å². The number of carbonyl (C=O) groups is 2. The number of allylic oxidation sites excluding steroid dienone is 3. The molecule has 8 nitrogen and oxygen atoms in total. The molecule has 35 heavy (non-hydrogen) atoms. The van der Waals surface area contributed by atoms with Crippen LogP contribution in [0.1, 0.15) is 56.2 Å². The van der Waals surface area contributed by atoms with Gasteiger partial charge in [0.25, 0.3) is 0 Å². The second-order valence-electron chi connectivity index (χ2n) is 10.4. The van der Waals surface area contributed by atoms with Crippen molar-refractivity contribution >= 4 is 39.7 Å². The summed E-state index contributed by atoms with van der Waals surface area (Å²) in [5.74, 6) is 2.16. The number of H-pyrrole nitrogens is 1. The third-order valence-corrected chi connectivity index (χ3v) is 8.17. The number of Topliss-reactive ketones (excluding diaryl/α,β-unsaturated/α-hetero) is 1. The number of nitrogens with one attached hydrogen (secondary N) is 3. The number of hydrogen-bond acceptors (Lipinski definition) is 6. The molecule has 0 bridgehead atoms. The first-order chi connectivity index (χ1) is 17.0. The van der Waals surface area contributed by atoms with Crippen LogP contribution in [0, 0.1) is 17.3 Å². The number of amides is 1. The molecule has 2 aromatic rings. The number of halogens is 1. The van der Waals surface area contributed by atoms with Crippen molar-refractivity contribution in [2.24, 2.45) is 17.3 Å². The Morgan fingerprint density at radius 1 is 1.29 bits per heavy atom. The van der Waals surface area contributed by atoms with Gasteiger partial charge in [-0.2, -0.15) is 0 Å². The van der Waals surface area contributed by atoms with E-state index in [4.69, 9.17) is 4.74 Å². The standard InChI is InChI=1S/C26H28BrN5O3/c27-17-4-6-18(28-14-17)5-3-15-7-8-26(10-15)11-21-19(22(33)12-26)9-20-23(30-21)31-32-24(20)35-25(34)29-13-16-1-2-16/h3-6,14-16H,1-2,7-13H2,(H,29,34)(H2,30,31,32)/b5-3+. The Labute approximate surface area is 212 Å². The summed E-state index contributed by atoms with van der Waals surface area (Å²) in [6, 6.07) is 3.99. The molecule has 6 rings (SSSR count). The zero-order chi connectivity index (χ0) is 24.0. The number of nitrogens with zero attached hydrogens (tertiary/aromatic N) is 2. The third-order valence-electron chi connectivity index (χ3n) is 7.70. The predicted molar refractivity (Wildman–Crippen MR) is 135 cm³/mol. The van der Waals surface area contributed by atoms with Crippen LogP contribution < -0.4 is 15.4 Å². The molecular formula is C26H28BrN5O3. The van der Waals surface area contributed by atoms with Gasteiger partial charge in [0.2, 0.25) is 5.88 Å². The predicted octanol–water partition coefficient (Wildman–Crippen LogP) is 5.15. The van der Waals surface area contributed by atoms with Crippen LogP contribution in [0.2, 0.25) is 0 Å². The summed E-state index contributed by atoms with van der Waals surface area (Å²) in [5.41, 5.74) is 3.46. The van der Waals surface area contributed by atoms with Crippen molar-refractivity contribution in [3.8, 4) is 5.88 Å². The Bertz CT molecular complexity index is 1230. The van der Waals surface area contributed by atoms with Gasteiger partial charge in [-0.3, -0.25) is 14.9 Å². The fourth-order valence-electron chi connectivity index (χ4n) is 5.64. The van der Waals surface area contributed by atoms with Crippen molar-refractivity contribution in [1.82, 2.24) is 20.5 Å². The van der Waals surface area contributed by atoms with Crippen LogP contribution in [0.5, 0.6) is 5.88 Å². The number of anilines is 1.